The van der Waals surface area contributed by atoms with Crippen LogP contribution in [0.5, 0.6) is 5.75 Å². The second-order valence-electron chi connectivity index (χ2n) is 4.43. The topological polar surface area (TPSA) is 50.4 Å². The third kappa shape index (κ3) is 3.74. The van der Waals surface area contributed by atoms with Gasteiger partial charge in [0.2, 0.25) is 5.91 Å². The number of hydrogen-bond acceptors (Lipinski definition) is 3. The van der Waals surface area contributed by atoms with Gasteiger partial charge in [-0.25, -0.2) is 0 Å². The quantitative estimate of drug-likeness (QED) is 0.808. The molecule has 2 atom stereocenters. The molecular formula is C14H22N2O2. The van der Waals surface area contributed by atoms with Crippen molar-refractivity contribution in [1.29, 1.82) is 0 Å². The highest BCUT2D eigenvalue weighted by molar-refractivity contribution is 5.79. The number of benzene rings is 1. The largest absolute Gasteiger partial charge is 0.496 e. The van der Waals surface area contributed by atoms with Crippen LogP contribution in [0.4, 0.5) is 0 Å². The van der Waals surface area contributed by atoms with Crippen LogP contribution in [0.1, 0.15) is 25.5 Å². The molecule has 0 aliphatic carbocycles. The maximum absolute atomic E-state index is 11.9. The summed E-state index contributed by atoms with van der Waals surface area (Å²) >= 11 is 0. The van der Waals surface area contributed by atoms with E-state index in [1.54, 1.807) is 7.11 Å². The lowest BCUT2D eigenvalue weighted by Gasteiger charge is -2.19. The zero-order valence-electron chi connectivity index (χ0n) is 11.5. The average Bonchev–Trinajstić information content (AvgIpc) is 2.38. The third-order valence-electron chi connectivity index (χ3n) is 2.92. The monoisotopic (exact) mass is 250 g/mol. The molecule has 0 fully saturated rings. The Labute approximate surface area is 109 Å². The minimum Gasteiger partial charge on any atom is -0.496 e. The van der Waals surface area contributed by atoms with E-state index in [1.807, 2.05) is 45.2 Å². The van der Waals surface area contributed by atoms with Gasteiger partial charge in [-0.05, 0) is 20.0 Å². The fraction of sp³-hybridized carbons (Fsp3) is 0.500. The first-order valence-electron chi connectivity index (χ1n) is 6.18. The van der Waals surface area contributed by atoms with Gasteiger partial charge in [0.15, 0.2) is 0 Å². The van der Waals surface area contributed by atoms with Crippen LogP contribution < -0.4 is 15.4 Å². The summed E-state index contributed by atoms with van der Waals surface area (Å²) in [6.07, 6.45) is 0. The molecule has 1 amide bonds. The van der Waals surface area contributed by atoms with Gasteiger partial charge in [0.25, 0.3) is 0 Å². The Balaban J connectivity index is 2.70. The van der Waals surface area contributed by atoms with E-state index in [1.165, 1.54) is 0 Å². The molecule has 1 unspecified atom stereocenters. The lowest BCUT2D eigenvalue weighted by Crippen LogP contribution is -2.35. The lowest BCUT2D eigenvalue weighted by atomic mass is 10.1. The second kappa shape index (κ2) is 7.01. The van der Waals surface area contributed by atoms with E-state index < -0.39 is 0 Å². The highest BCUT2D eigenvalue weighted by Crippen LogP contribution is 2.24. The molecule has 0 aliphatic heterocycles. The Morgan fingerprint density at radius 3 is 2.61 bits per heavy atom. The molecule has 4 heteroatoms. The van der Waals surface area contributed by atoms with Gasteiger partial charge in [-0.1, -0.05) is 25.1 Å². The molecule has 0 radical (unpaired) electrons. The second-order valence-corrected chi connectivity index (χ2v) is 4.43. The number of nitrogens with one attached hydrogen (secondary N) is 2. The van der Waals surface area contributed by atoms with E-state index in [4.69, 9.17) is 4.74 Å². The molecule has 0 aliphatic rings. The van der Waals surface area contributed by atoms with E-state index in [-0.39, 0.29) is 17.9 Å². The Hall–Kier alpha value is -1.55. The summed E-state index contributed by atoms with van der Waals surface area (Å²) in [6, 6.07) is 7.66. The Morgan fingerprint density at radius 2 is 2.00 bits per heavy atom. The standard InChI is InChI=1S/C14H22N2O2/c1-10(9-15-3)14(17)16-11(2)12-7-5-6-8-13(12)18-4/h5-8,10-11,15H,9H2,1-4H3,(H,16,17)/t10?,11-/m0/s1. The lowest BCUT2D eigenvalue weighted by molar-refractivity contribution is -0.125. The number of amides is 1. The molecular weight excluding hydrogens is 228 g/mol. The van der Waals surface area contributed by atoms with E-state index >= 15 is 0 Å². The Morgan fingerprint density at radius 1 is 1.33 bits per heavy atom. The average molecular weight is 250 g/mol. The van der Waals surface area contributed by atoms with Crippen molar-refractivity contribution in [3.63, 3.8) is 0 Å². The van der Waals surface area contributed by atoms with Gasteiger partial charge in [-0.15, -0.1) is 0 Å². The van der Waals surface area contributed by atoms with Crippen LogP contribution in [0.2, 0.25) is 0 Å². The molecule has 1 rings (SSSR count). The Bertz CT molecular complexity index is 393. The summed E-state index contributed by atoms with van der Waals surface area (Å²) in [4.78, 5) is 11.9. The molecule has 4 nitrogen and oxygen atoms in total. The van der Waals surface area contributed by atoms with Crippen molar-refractivity contribution in [2.45, 2.75) is 19.9 Å². The summed E-state index contributed by atoms with van der Waals surface area (Å²) in [6.45, 7) is 4.53. The van der Waals surface area contributed by atoms with Gasteiger partial charge in [0.05, 0.1) is 13.2 Å². The van der Waals surface area contributed by atoms with Crippen molar-refractivity contribution in [3.05, 3.63) is 29.8 Å². The predicted octanol–water partition coefficient (Wildman–Crippen LogP) is 1.73. The molecule has 0 spiro atoms. The molecule has 2 N–H and O–H groups in total. The summed E-state index contributed by atoms with van der Waals surface area (Å²) in [5, 5.41) is 5.99. The van der Waals surface area contributed by atoms with Gasteiger partial charge < -0.3 is 15.4 Å². The first-order chi connectivity index (χ1) is 8.60. The number of para-hydroxylation sites is 1. The SMILES string of the molecule is CNCC(C)C(=O)N[C@@H](C)c1ccccc1OC. The number of carbonyl (C=O) groups is 1. The minimum absolute atomic E-state index is 0.0442. The zero-order valence-corrected chi connectivity index (χ0v) is 11.5. The van der Waals surface area contributed by atoms with Crippen LogP contribution in [0, 0.1) is 5.92 Å². The van der Waals surface area contributed by atoms with Crippen molar-refractivity contribution in [2.75, 3.05) is 20.7 Å². The molecule has 18 heavy (non-hydrogen) atoms. The van der Waals surface area contributed by atoms with Gasteiger partial charge in [-0.2, -0.15) is 0 Å². The minimum atomic E-state index is -0.0621. The number of methoxy groups -OCH3 is 1. The number of rotatable bonds is 6. The van der Waals surface area contributed by atoms with E-state index in [0.29, 0.717) is 6.54 Å². The van der Waals surface area contributed by atoms with Crippen LogP contribution >= 0.6 is 0 Å². The third-order valence-corrected chi connectivity index (χ3v) is 2.92. The maximum Gasteiger partial charge on any atom is 0.224 e. The molecule has 1 aromatic rings. The summed E-state index contributed by atoms with van der Waals surface area (Å²) in [5.41, 5.74) is 0.991. The van der Waals surface area contributed by atoms with Crippen LogP contribution in [0.25, 0.3) is 0 Å². The van der Waals surface area contributed by atoms with Crippen LogP contribution in [-0.2, 0) is 4.79 Å². The smallest absolute Gasteiger partial charge is 0.224 e. The Kier molecular flexibility index (Phi) is 5.65. The van der Waals surface area contributed by atoms with Gasteiger partial charge in [0.1, 0.15) is 5.75 Å². The van der Waals surface area contributed by atoms with Crippen molar-refractivity contribution in [2.24, 2.45) is 5.92 Å². The first-order valence-corrected chi connectivity index (χ1v) is 6.18. The van der Waals surface area contributed by atoms with Crippen LogP contribution in [0.15, 0.2) is 24.3 Å². The van der Waals surface area contributed by atoms with Crippen molar-refractivity contribution in [1.82, 2.24) is 10.6 Å². The molecule has 0 heterocycles. The molecule has 100 valence electrons. The molecule has 0 aromatic heterocycles. The van der Waals surface area contributed by atoms with E-state index in [0.717, 1.165) is 11.3 Å². The number of ether oxygens (including phenoxy) is 1. The number of carbonyl (C=O) groups excluding carboxylic acids is 1. The highest BCUT2D eigenvalue weighted by atomic mass is 16.5. The van der Waals surface area contributed by atoms with Gasteiger partial charge in [-0.3, -0.25) is 4.79 Å². The van der Waals surface area contributed by atoms with Crippen molar-refractivity contribution < 1.29 is 9.53 Å². The molecule has 0 saturated heterocycles. The van der Waals surface area contributed by atoms with Crippen LogP contribution in [-0.4, -0.2) is 26.6 Å². The first kappa shape index (κ1) is 14.5. The van der Waals surface area contributed by atoms with Crippen molar-refractivity contribution >= 4 is 5.91 Å². The fourth-order valence-corrected chi connectivity index (χ4v) is 1.86. The predicted molar refractivity (Wildman–Crippen MR) is 72.6 cm³/mol. The highest BCUT2D eigenvalue weighted by Gasteiger charge is 2.17. The van der Waals surface area contributed by atoms with Gasteiger partial charge >= 0.3 is 0 Å². The normalized spacial score (nSPS) is 13.8. The van der Waals surface area contributed by atoms with E-state index in [2.05, 4.69) is 10.6 Å². The summed E-state index contributed by atoms with van der Waals surface area (Å²) in [5.74, 6) is 0.793. The molecule has 0 saturated carbocycles. The summed E-state index contributed by atoms with van der Waals surface area (Å²) in [7, 11) is 3.48. The van der Waals surface area contributed by atoms with Crippen LogP contribution in [0.3, 0.4) is 0 Å². The molecule has 0 bridgehead atoms. The van der Waals surface area contributed by atoms with Crippen molar-refractivity contribution in [3.8, 4) is 5.75 Å². The number of hydrogen-bond donors (Lipinski definition) is 2. The maximum atomic E-state index is 11.9. The van der Waals surface area contributed by atoms with E-state index in [9.17, 15) is 4.79 Å². The summed E-state index contributed by atoms with van der Waals surface area (Å²) < 4.78 is 5.29. The zero-order chi connectivity index (χ0) is 13.5. The molecule has 1 aromatic carbocycles. The fourth-order valence-electron chi connectivity index (χ4n) is 1.86. The van der Waals surface area contributed by atoms with Gasteiger partial charge in [0, 0.05) is 18.0 Å².